The van der Waals surface area contributed by atoms with E-state index in [0.29, 0.717) is 0 Å². The number of H-pyrrole nitrogens is 1. The molecule has 0 aliphatic carbocycles. The van der Waals surface area contributed by atoms with Crippen LogP contribution in [0.25, 0.3) is 0 Å². The van der Waals surface area contributed by atoms with E-state index in [1.54, 1.807) is 6.92 Å². The maximum atomic E-state index is 13.2. The van der Waals surface area contributed by atoms with E-state index in [4.69, 9.17) is 5.73 Å². The highest BCUT2D eigenvalue weighted by Crippen LogP contribution is 2.26. The van der Waals surface area contributed by atoms with Gasteiger partial charge in [-0.25, -0.2) is 17.5 Å². The summed E-state index contributed by atoms with van der Waals surface area (Å²) in [6.45, 7) is 1.86. The minimum Gasteiger partial charge on any atom is -0.396 e. The van der Waals surface area contributed by atoms with Gasteiger partial charge in [0, 0.05) is 22.3 Å². The zero-order valence-electron chi connectivity index (χ0n) is 10.4. The molecule has 1 aromatic carbocycles. The molecular formula is C11H12BrFN4O2S. The summed E-state index contributed by atoms with van der Waals surface area (Å²) in [6, 6.07) is 2.09. The maximum Gasteiger partial charge on any atom is 0.242 e. The zero-order valence-corrected chi connectivity index (χ0v) is 12.8. The molecule has 108 valence electrons. The van der Waals surface area contributed by atoms with Crippen molar-refractivity contribution in [3.05, 3.63) is 39.9 Å². The van der Waals surface area contributed by atoms with Crippen LogP contribution in [0, 0.1) is 12.7 Å². The van der Waals surface area contributed by atoms with Crippen LogP contribution in [0.15, 0.2) is 27.7 Å². The van der Waals surface area contributed by atoms with E-state index in [1.807, 2.05) is 0 Å². The summed E-state index contributed by atoms with van der Waals surface area (Å²) in [5, 5.41) is 6.51. The monoisotopic (exact) mass is 362 g/mol. The third-order valence-corrected chi connectivity index (χ3v) is 5.09. The first-order chi connectivity index (χ1) is 9.31. The molecule has 0 fully saturated rings. The average Bonchev–Trinajstić information content (AvgIpc) is 2.77. The van der Waals surface area contributed by atoms with Crippen LogP contribution in [-0.2, 0) is 16.6 Å². The Hall–Kier alpha value is -1.45. The molecule has 2 aromatic rings. The second-order valence-electron chi connectivity index (χ2n) is 4.15. The molecule has 0 aliphatic rings. The molecule has 0 radical (unpaired) electrons. The Morgan fingerprint density at radius 3 is 2.80 bits per heavy atom. The summed E-state index contributed by atoms with van der Waals surface area (Å²) in [4.78, 5) is -0.113. The first kappa shape index (κ1) is 14.9. The number of aromatic amines is 1. The van der Waals surface area contributed by atoms with Gasteiger partial charge in [-0.05, 0) is 35.0 Å². The minimum atomic E-state index is -3.81. The fourth-order valence-corrected chi connectivity index (χ4v) is 3.61. The molecule has 9 heteroatoms. The molecule has 0 aliphatic heterocycles. The number of aryl methyl sites for hydroxylation is 1. The normalized spacial score (nSPS) is 11.8. The predicted octanol–water partition coefficient (Wildman–Crippen LogP) is 1.68. The second kappa shape index (κ2) is 5.51. The molecule has 0 unspecified atom stereocenters. The number of aromatic nitrogens is 2. The van der Waals surface area contributed by atoms with Crippen LogP contribution in [0.5, 0.6) is 0 Å². The lowest BCUT2D eigenvalue weighted by Crippen LogP contribution is -2.24. The van der Waals surface area contributed by atoms with Gasteiger partial charge in [-0.15, -0.1) is 0 Å². The zero-order chi connectivity index (χ0) is 14.9. The van der Waals surface area contributed by atoms with Gasteiger partial charge in [0.25, 0.3) is 0 Å². The Bertz CT molecular complexity index is 745. The number of hydrogen-bond acceptors (Lipinski definition) is 4. The van der Waals surface area contributed by atoms with Crippen LogP contribution in [0.2, 0.25) is 0 Å². The molecule has 0 atom stereocenters. The highest BCUT2D eigenvalue weighted by atomic mass is 79.9. The van der Waals surface area contributed by atoms with Gasteiger partial charge in [0.15, 0.2) is 0 Å². The van der Waals surface area contributed by atoms with Crippen molar-refractivity contribution in [3.63, 3.8) is 0 Å². The summed E-state index contributed by atoms with van der Waals surface area (Å²) in [5.41, 5.74) is 6.66. The van der Waals surface area contributed by atoms with Crippen molar-refractivity contribution < 1.29 is 12.8 Å². The lowest BCUT2D eigenvalue weighted by molar-refractivity contribution is 0.580. The molecule has 1 heterocycles. The van der Waals surface area contributed by atoms with E-state index in [2.05, 4.69) is 30.8 Å². The van der Waals surface area contributed by atoms with Gasteiger partial charge in [0.1, 0.15) is 5.82 Å². The topological polar surface area (TPSA) is 101 Å². The molecule has 4 N–H and O–H groups in total. The maximum absolute atomic E-state index is 13.2. The van der Waals surface area contributed by atoms with Crippen LogP contribution < -0.4 is 10.5 Å². The van der Waals surface area contributed by atoms with Crippen molar-refractivity contribution in [2.24, 2.45) is 0 Å². The first-order valence-corrected chi connectivity index (χ1v) is 7.82. The summed E-state index contributed by atoms with van der Waals surface area (Å²) in [5.74, 6) is -0.679. The molecule has 0 saturated carbocycles. The van der Waals surface area contributed by atoms with Gasteiger partial charge in [-0.1, -0.05) is 0 Å². The number of halogens is 2. The Labute approximate surface area is 123 Å². The van der Waals surface area contributed by atoms with Crippen molar-refractivity contribution in [2.45, 2.75) is 18.4 Å². The SMILES string of the molecule is Cc1[nH]ncc1CNS(=O)(=O)c1cc(N)c(F)cc1Br. The third kappa shape index (κ3) is 3.00. The number of benzene rings is 1. The van der Waals surface area contributed by atoms with Crippen molar-refractivity contribution in [2.75, 3.05) is 5.73 Å². The first-order valence-electron chi connectivity index (χ1n) is 5.54. The molecule has 1 aromatic heterocycles. The van der Waals surface area contributed by atoms with Crippen molar-refractivity contribution in [1.82, 2.24) is 14.9 Å². The van der Waals surface area contributed by atoms with Gasteiger partial charge in [0.2, 0.25) is 10.0 Å². The largest absolute Gasteiger partial charge is 0.396 e. The smallest absolute Gasteiger partial charge is 0.242 e. The van der Waals surface area contributed by atoms with Gasteiger partial charge in [0.05, 0.1) is 16.8 Å². The van der Waals surface area contributed by atoms with E-state index in [-0.39, 0.29) is 21.6 Å². The summed E-state index contributed by atoms with van der Waals surface area (Å²) >= 11 is 3.02. The standard InChI is InChI=1S/C11H12BrFN4O2S/c1-6-7(4-15-17-6)5-16-20(18,19)11-3-10(14)9(13)2-8(11)12/h2-4,16H,5,14H2,1H3,(H,15,17). The van der Waals surface area contributed by atoms with E-state index in [1.165, 1.54) is 6.20 Å². The Kier molecular flexibility index (Phi) is 4.11. The Morgan fingerprint density at radius 2 is 2.20 bits per heavy atom. The summed E-state index contributed by atoms with van der Waals surface area (Å²) in [7, 11) is -3.81. The number of nitrogens with one attached hydrogen (secondary N) is 2. The molecule has 2 rings (SSSR count). The average molecular weight is 363 g/mol. The number of nitrogen functional groups attached to an aromatic ring is 1. The third-order valence-electron chi connectivity index (χ3n) is 2.73. The molecular weight excluding hydrogens is 351 g/mol. The van der Waals surface area contributed by atoms with Crippen molar-refractivity contribution in [3.8, 4) is 0 Å². The van der Waals surface area contributed by atoms with Gasteiger partial charge in [-0.2, -0.15) is 5.10 Å². The molecule has 0 saturated heterocycles. The van der Waals surface area contributed by atoms with Crippen molar-refractivity contribution in [1.29, 1.82) is 0 Å². The number of sulfonamides is 1. The minimum absolute atomic E-state index is 0.0778. The molecule has 20 heavy (non-hydrogen) atoms. The summed E-state index contributed by atoms with van der Waals surface area (Å²) in [6.07, 6.45) is 1.53. The van der Waals surface area contributed by atoms with E-state index in [0.717, 1.165) is 23.4 Å². The summed E-state index contributed by atoms with van der Waals surface area (Å²) < 4.78 is 40.1. The van der Waals surface area contributed by atoms with E-state index in [9.17, 15) is 12.8 Å². The second-order valence-corrected chi connectivity index (χ2v) is 6.74. The molecule has 6 nitrogen and oxygen atoms in total. The lowest BCUT2D eigenvalue weighted by atomic mass is 10.3. The highest BCUT2D eigenvalue weighted by molar-refractivity contribution is 9.10. The molecule has 0 spiro atoms. The van der Waals surface area contributed by atoms with Crippen LogP contribution in [0.1, 0.15) is 11.3 Å². The highest BCUT2D eigenvalue weighted by Gasteiger charge is 2.20. The Morgan fingerprint density at radius 1 is 1.50 bits per heavy atom. The van der Waals surface area contributed by atoms with Crippen LogP contribution in [0.4, 0.5) is 10.1 Å². The van der Waals surface area contributed by atoms with Gasteiger partial charge >= 0.3 is 0 Å². The van der Waals surface area contributed by atoms with Crippen LogP contribution >= 0.6 is 15.9 Å². The number of anilines is 1. The number of hydrogen-bond donors (Lipinski definition) is 3. The van der Waals surface area contributed by atoms with Crippen LogP contribution in [-0.4, -0.2) is 18.6 Å². The number of rotatable bonds is 4. The number of nitrogens with two attached hydrogens (primary N) is 1. The van der Waals surface area contributed by atoms with E-state index < -0.39 is 15.8 Å². The fraction of sp³-hybridized carbons (Fsp3) is 0.182. The van der Waals surface area contributed by atoms with E-state index >= 15 is 0 Å². The lowest BCUT2D eigenvalue weighted by Gasteiger charge is -2.09. The van der Waals surface area contributed by atoms with Gasteiger partial charge in [-0.3, -0.25) is 5.10 Å². The predicted molar refractivity (Wildman–Crippen MR) is 75.9 cm³/mol. The fourth-order valence-electron chi connectivity index (χ4n) is 1.56. The molecule has 0 amide bonds. The number of nitrogens with zero attached hydrogens (tertiary/aromatic N) is 1. The molecule has 0 bridgehead atoms. The van der Waals surface area contributed by atoms with Crippen molar-refractivity contribution >= 4 is 31.6 Å². The quantitative estimate of drug-likeness (QED) is 0.720. The van der Waals surface area contributed by atoms with Crippen LogP contribution in [0.3, 0.4) is 0 Å². The van der Waals surface area contributed by atoms with Gasteiger partial charge < -0.3 is 5.73 Å². The Balaban J connectivity index is 2.27.